The summed E-state index contributed by atoms with van der Waals surface area (Å²) in [5.41, 5.74) is 4.06. The summed E-state index contributed by atoms with van der Waals surface area (Å²) in [4.78, 5) is 115. The fourth-order valence-electron chi connectivity index (χ4n) is 16.6. The standard InChI is InChI=1S/C74H90N10O20S2/c1-45(52(35-75)51-19-20-53(79-64(51)67(92)93)47-16-15-46-11-10-25-83(56(46)31-47)69(94)81-68-80-54-12-7-8-13-59(54)105-68)77-44-73-39-71(2)38-72(3,40-73)42-74(41-71,43-73)102-28-26-82(4)70(95)101-36-48-17-18-50(103-63-33-49(85)32-58(104-63)66(90)91)34-57(48)100-30-29-99-27-23-76-65(89)55(37-106(96,97)98)78-60(86)14-6-5-9-24-84-61(87)21-22-62(84)88/h7-8,12-13,15-22,31,34-35,49,55,58,63,75,77,85H,5-6,9-11,14,23-30,32-33,36-44H2,1-4H3,(H,76,89)(H,78,86)(H,90,91)(H,92,93)(H,80,81,94)(H,96,97,98)/b52-45+,75-35?/t49-,55-,58-,63+,71?,72?,73?,74?/m0/s1. The van der Waals surface area contributed by atoms with Crippen molar-refractivity contribution in [3.05, 3.63) is 113 Å². The predicted octanol–water partition coefficient (Wildman–Crippen LogP) is 8.11. The lowest BCUT2D eigenvalue weighted by atomic mass is 9.39. The molecule has 5 heterocycles. The van der Waals surface area contributed by atoms with Crippen LogP contribution in [0.3, 0.4) is 0 Å². The largest absolute Gasteiger partial charge is 0.491 e. The molecular formula is C74H90N10O20S2. The molecule has 5 aromatic rings. The molecule has 7 amide bonds. The molecule has 106 heavy (non-hydrogen) atoms. The SMILES string of the molecule is C/C(NCC12CC3(C)CC(C)(C1)CC(OCCN(C)C(=O)OCc1ccc(O[C@H]4C[C@@H](O)C[C@@H](C(=O)O)O4)cc1OCCOCCNC(=O)[C@H](CS(=O)(=O)O)NC(=O)CCCCCN1C(=O)C=CC1=O)(C3)C2)=C(/C=N)c1ccc(-c2ccc3c(c2)N(C(=O)Nc2nc4ccccc4s2)CCC3)nc1C(=O)O. The van der Waals surface area contributed by atoms with Crippen LogP contribution in [0.15, 0.2) is 90.6 Å². The second-order valence-corrected chi connectivity index (χ2v) is 31.7. The first-order valence-electron chi connectivity index (χ1n) is 35.4. The van der Waals surface area contributed by atoms with Crippen LogP contribution in [0.25, 0.3) is 27.0 Å². The van der Waals surface area contributed by atoms with Crippen LogP contribution in [0.1, 0.15) is 131 Å². The zero-order valence-electron chi connectivity index (χ0n) is 59.5. The highest BCUT2D eigenvalue weighted by Crippen LogP contribution is 2.71. The monoisotopic (exact) mass is 1500 g/mol. The molecule has 32 heteroatoms. The number of hydrogen-bond acceptors (Lipinski definition) is 22. The van der Waals surface area contributed by atoms with Crippen molar-refractivity contribution in [3.8, 4) is 22.8 Å². The number of thiazole rings is 1. The number of nitrogens with zero attached hydrogens (tertiary/aromatic N) is 5. The summed E-state index contributed by atoms with van der Waals surface area (Å²) in [6, 6.07) is 19.4. The molecule has 9 N–H and O–H groups in total. The molecule has 12 rings (SSSR count). The van der Waals surface area contributed by atoms with E-state index < -0.39 is 87.7 Å². The van der Waals surface area contributed by atoms with E-state index in [1.54, 1.807) is 36.2 Å². The van der Waals surface area contributed by atoms with Gasteiger partial charge in [0.1, 0.15) is 36.5 Å². The number of urea groups is 1. The van der Waals surface area contributed by atoms with Gasteiger partial charge in [-0.05, 0) is 135 Å². The number of aryl methyl sites for hydroxylation is 1. The van der Waals surface area contributed by atoms with Crippen molar-refractivity contribution in [1.29, 1.82) is 5.41 Å². The number of likely N-dealkylation sites (N-methyl/N-ethyl adjacent to an activating group) is 1. The highest BCUT2D eigenvalue weighted by molar-refractivity contribution is 7.85. The van der Waals surface area contributed by atoms with Gasteiger partial charge in [0, 0.05) is 117 Å². The second kappa shape index (κ2) is 33.1. The van der Waals surface area contributed by atoms with Crippen LogP contribution in [0.2, 0.25) is 0 Å². The number of carboxylic acid groups (broad SMARTS) is 2. The zero-order valence-corrected chi connectivity index (χ0v) is 61.2. The molecule has 7 aliphatic rings. The Morgan fingerprint density at radius 1 is 0.877 bits per heavy atom. The summed E-state index contributed by atoms with van der Waals surface area (Å²) in [5.74, 6) is -5.69. The summed E-state index contributed by atoms with van der Waals surface area (Å²) in [7, 11) is -3.12. The quantitative estimate of drug-likeness (QED) is 0.00812. The van der Waals surface area contributed by atoms with Crippen molar-refractivity contribution in [2.45, 2.75) is 147 Å². The number of carbonyl (C=O) groups is 8. The number of pyridine rings is 1. The second-order valence-electron chi connectivity index (χ2n) is 29.1. The lowest BCUT2D eigenvalue weighted by Gasteiger charge is -2.69. The zero-order chi connectivity index (χ0) is 75.7. The van der Waals surface area contributed by atoms with Gasteiger partial charge in [0.2, 0.25) is 18.1 Å². The first-order chi connectivity index (χ1) is 50.5. The Morgan fingerprint density at radius 2 is 1.64 bits per heavy atom. The van der Waals surface area contributed by atoms with Gasteiger partial charge in [-0.1, -0.05) is 55.9 Å². The lowest BCUT2D eigenvalue weighted by Crippen LogP contribution is -2.65. The number of aliphatic carboxylic acids is 1. The Hall–Kier alpha value is -9.44. The van der Waals surface area contributed by atoms with Gasteiger partial charge in [-0.2, -0.15) is 8.42 Å². The average molecular weight is 1500 g/mol. The first-order valence-corrected chi connectivity index (χ1v) is 37.8. The number of allylic oxidation sites excluding steroid dienone is 2. The number of para-hydroxylation sites is 1. The van der Waals surface area contributed by atoms with Crippen molar-refractivity contribution in [2.75, 3.05) is 82.2 Å². The molecule has 4 saturated carbocycles. The molecule has 0 radical (unpaired) electrons. The molecule has 1 saturated heterocycles. The minimum Gasteiger partial charge on any atom is -0.491 e. The van der Waals surface area contributed by atoms with E-state index in [4.69, 9.17) is 33.8 Å². The topological polar surface area (TPSA) is 414 Å². The van der Waals surface area contributed by atoms with Gasteiger partial charge >= 0.3 is 24.1 Å². The number of carboxylic acids is 2. The number of imide groups is 1. The van der Waals surface area contributed by atoms with E-state index in [2.05, 4.69) is 45.1 Å². The molecule has 6 atom stereocenters. The molecule has 0 spiro atoms. The van der Waals surface area contributed by atoms with Crippen molar-refractivity contribution in [2.24, 2.45) is 16.2 Å². The number of unbranched alkanes of at least 4 members (excludes halogenated alkanes) is 2. The maximum Gasteiger partial charge on any atom is 0.409 e. The molecule has 4 aliphatic carbocycles. The Labute approximate surface area is 616 Å². The van der Waals surface area contributed by atoms with E-state index in [1.807, 2.05) is 49.4 Å². The molecule has 2 aromatic heterocycles. The number of anilines is 2. The van der Waals surface area contributed by atoms with E-state index in [9.17, 15) is 66.6 Å². The normalized spacial score (nSPS) is 23.5. The van der Waals surface area contributed by atoms with Gasteiger partial charge in [0.05, 0.1) is 47.4 Å². The summed E-state index contributed by atoms with van der Waals surface area (Å²) in [6.45, 7) is 7.32. The van der Waals surface area contributed by atoms with Crippen LogP contribution in [0, 0.1) is 21.7 Å². The van der Waals surface area contributed by atoms with Crippen LogP contribution in [-0.2, 0) is 66.1 Å². The Morgan fingerprint density at radius 3 is 2.37 bits per heavy atom. The van der Waals surface area contributed by atoms with E-state index in [0.29, 0.717) is 71.3 Å². The smallest absolute Gasteiger partial charge is 0.409 e. The number of aliphatic hydroxyl groups is 1. The Balaban J connectivity index is 0.678. The lowest BCUT2D eigenvalue weighted by molar-refractivity contribution is -0.243. The molecular weight excluding hydrogens is 1410 g/mol. The van der Waals surface area contributed by atoms with Gasteiger partial charge in [-0.15, -0.1) is 0 Å². The summed E-state index contributed by atoms with van der Waals surface area (Å²) < 4.78 is 70.3. The summed E-state index contributed by atoms with van der Waals surface area (Å²) in [5, 5.41) is 51.3. The maximum absolute atomic E-state index is 13.8. The molecule has 3 aliphatic heterocycles. The van der Waals surface area contributed by atoms with Gasteiger partial charge < -0.3 is 70.0 Å². The van der Waals surface area contributed by atoms with E-state index in [-0.39, 0.29) is 117 Å². The summed E-state index contributed by atoms with van der Waals surface area (Å²) in [6.07, 6.45) is 7.03. The van der Waals surface area contributed by atoms with Crippen molar-refractivity contribution in [1.82, 2.24) is 35.7 Å². The predicted molar refractivity (Wildman–Crippen MR) is 389 cm³/mol. The minimum atomic E-state index is -4.72. The number of rotatable bonds is 34. The number of hydrogen-bond donors (Lipinski definition) is 9. The van der Waals surface area contributed by atoms with Crippen LogP contribution >= 0.6 is 11.3 Å². The molecule has 2 unspecified atom stereocenters. The molecule has 3 aromatic carbocycles. The van der Waals surface area contributed by atoms with Crippen LogP contribution in [-0.4, -0.2) is 204 Å². The van der Waals surface area contributed by atoms with Crippen LogP contribution < -0.4 is 35.6 Å². The maximum atomic E-state index is 13.8. The van der Waals surface area contributed by atoms with E-state index in [1.165, 1.54) is 34.5 Å². The number of aliphatic hydroxyl groups excluding tert-OH is 1. The number of benzene rings is 3. The van der Waals surface area contributed by atoms with E-state index >= 15 is 0 Å². The number of ether oxygens (including phenoxy) is 6. The minimum absolute atomic E-state index is 0.0237. The fraction of sp³-hybridized carbons (Fsp3) is 0.500. The van der Waals surface area contributed by atoms with Crippen molar-refractivity contribution in [3.63, 3.8) is 0 Å². The van der Waals surface area contributed by atoms with Crippen molar-refractivity contribution < 1.29 is 95.1 Å². The third kappa shape index (κ3) is 19.4. The molecule has 4 bridgehead atoms. The molecule has 30 nitrogen and oxygen atoms in total. The van der Waals surface area contributed by atoms with Crippen LogP contribution in [0.5, 0.6) is 11.5 Å². The number of aromatic carboxylic acids is 1. The van der Waals surface area contributed by atoms with Gasteiger partial charge in [-0.3, -0.25) is 38.8 Å². The molecule has 568 valence electrons. The number of nitrogens with one attached hydrogen (secondary N) is 5. The van der Waals surface area contributed by atoms with E-state index in [0.717, 1.165) is 78.3 Å². The Kier molecular flexibility index (Phi) is 24.3. The average Bonchev–Trinajstić information content (AvgIpc) is 0.838. The van der Waals surface area contributed by atoms with Crippen LogP contribution in [0.4, 0.5) is 20.4 Å². The number of carbonyl (C=O) groups excluding carboxylic acids is 6. The fourth-order valence-corrected chi connectivity index (χ4v) is 18.1. The number of amides is 7. The highest BCUT2D eigenvalue weighted by Gasteiger charge is 2.66. The van der Waals surface area contributed by atoms with Crippen molar-refractivity contribution >= 4 is 102 Å². The van der Waals surface area contributed by atoms with Gasteiger partial charge in [-0.25, -0.2) is 29.1 Å². The Bertz CT molecular complexity index is 4310. The third-order valence-electron chi connectivity index (χ3n) is 20.2. The third-order valence-corrected chi connectivity index (χ3v) is 21.9. The number of fused-ring (bicyclic) bond motifs is 2. The first kappa shape index (κ1) is 77.7. The number of aromatic nitrogens is 2. The summed E-state index contributed by atoms with van der Waals surface area (Å²) >= 11 is 1.39. The molecule has 5 fully saturated rings. The highest BCUT2D eigenvalue weighted by atomic mass is 32.2. The van der Waals surface area contributed by atoms with Gasteiger partial charge in [0.25, 0.3) is 21.9 Å². The van der Waals surface area contributed by atoms with Gasteiger partial charge in [0.15, 0.2) is 16.9 Å².